The Bertz CT molecular complexity index is 934. The molecule has 172 valence electrons. The minimum absolute atomic E-state index is 0.0135. The molecule has 2 unspecified atom stereocenters. The van der Waals surface area contributed by atoms with Crippen molar-refractivity contribution in [2.24, 2.45) is 5.73 Å². The lowest BCUT2D eigenvalue weighted by Crippen LogP contribution is -2.51. The second kappa shape index (κ2) is 10.1. The fourth-order valence-electron chi connectivity index (χ4n) is 5.03. The van der Waals surface area contributed by atoms with Crippen molar-refractivity contribution in [2.45, 2.75) is 43.7 Å². The summed E-state index contributed by atoms with van der Waals surface area (Å²) >= 11 is 0. The van der Waals surface area contributed by atoms with E-state index in [4.69, 9.17) is 10.5 Å². The Morgan fingerprint density at radius 1 is 1.16 bits per heavy atom. The van der Waals surface area contributed by atoms with Gasteiger partial charge in [0.15, 0.2) is 11.6 Å². The second-order valence-corrected chi connectivity index (χ2v) is 8.81. The number of hydrogen-bond donors (Lipinski definition) is 2. The summed E-state index contributed by atoms with van der Waals surface area (Å²) in [6, 6.07) is 11.9. The quantitative estimate of drug-likeness (QED) is 0.616. The number of carbonyl (C=O) groups excluding carboxylic acids is 1. The van der Waals surface area contributed by atoms with Gasteiger partial charge in [-0.1, -0.05) is 30.3 Å². The molecule has 2 aromatic carbocycles. The Labute approximate surface area is 187 Å². The van der Waals surface area contributed by atoms with Gasteiger partial charge in [0.2, 0.25) is 5.91 Å². The van der Waals surface area contributed by atoms with Crippen molar-refractivity contribution < 1.29 is 18.3 Å². The molecule has 3 N–H and O–H groups in total. The molecule has 1 amide bonds. The molecule has 1 aliphatic carbocycles. The average molecular weight is 444 g/mol. The van der Waals surface area contributed by atoms with Crippen molar-refractivity contribution in [3.8, 4) is 0 Å². The normalized spacial score (nSPS) is 21.4. The van der Waals surface area contributed by atoms with Gasteiger partial charge < -0.3 is 20.7 Å². The van der Waals surface area contributed by atoms with Crippen LogP contribution in [-0.4, -0.2) is 49.6 Å². The van der Waals surface area contributed by atoms with Crippen LogP contribution in [0.3, 0.4) is 0 Å². The molecule has 1 fully saturated rings. The number of rotatable bonds is 8. The maximum Gasteiger partial charge on any atom is 0.224 e. The predicted molar refractivity (Wildman–Crippen MR) is 119 cm³/mol. The molecule has 32 heavy (non-hydrogen) atoms. The van der Waals surface area contributed by atoms with Crippen molar-refractivity contribution in [3.05, 3.63) is 70.8 Å². The Hall–Kier alpha value is -2.35. The molecule has 0 spiro atoms. The number of carbonyl (C=O) groups is 1. The number of piperazine rings is 1. The zero-order valence-corrected chi connectivity index (χ0v) is 18.3. The van der Waals surface area contributed by atoms with Gasteiger partial charge in [0.1, 0.15) is 0 Å². The van der Waals surface area contributed by atoms with E-state index in [1.54, 1.807) is 0 Å². The standard InChI is InChI=1S/C25H31F2N3O2/c26-21-14-19-6-7-25(20(19)15-22(21)27,8-13-32-17-18-4-2-1-3-5-18)23(28)16-24(31)30-11-9-29-10-12-30/h1-5,14-15,23,29H,6-13,16-17,28H2. The molecule has 2 aromatic rings. The first kappa shape index (κ1) is 22.8. The highest BCUT2D eigenvalue weighted by atomic mass is 19.2. The lowest BCUT2D eigenvalue weighted by molar-refractivity contribution is -0.132. The number of halogens is 2. The molecule has 4 rings (SSSR count). The van der Waals surface area contributed by atoms with Crippen LogP contribution < -0.4 is 11.1 Å². The van der Waals surface area contributed by atoms with Crippen LogP contribution in [0.25, 0.3) is 0 Å². The van der Waals surface area contributed by atoms with Gasteiger partial charge in [-0.15, -0.1) is 0 Å². The highest BCUT2D eigenvalue weighted by Crippen LogP contribution is 2.45. The lowest BCUT2D eigenvalue weighted by atomic mass is 9.71. The number of nitrogens with two attached hydrogens (primary N) is 1. The van der Waals surface area contributed by atoms with E-state index in [1.807, 2.05) is 35.2 Å². The van der Waals surface area contributed by atoms with E-state index in [0.717, 1.165) is 29.8 Å². The van der Waals surface area contributed by atoms with E-state index in [1.165, 1.54) is 12.1 Å². The van der Waals surface area contributed by atoms with Gasteiger partial charge in [-0.25, -0.2) is 8.78 Å². The van der Waals surface area contributed by atoms with Crippen molar-refractivity contribution in [2.75, 3.05) is 32.8 Å². The van der Waals surface area contributed by atoms with Crippen LogP contribution in [0.15, 0.2) is 42.5 Å². The maximum absolute atomic E-state index is 14.2. The number of amides is 1. The van der Waals surface area contributed by atoms with E-state index in [0.29, 0.717) is 45.6 Å². The summed E-state index contributed by atoms with van der Waals surface area (Å²) in [6.07, 6.45) is 1.99. The molecule has 0 aromatic heterocycles. The van der Waals surface area contributed by atoms with E-state index < -0.39 is 23.1 Å². The van der Waals surface area contributed by atoms with E-state index in [2.05, 4.69) is 5.32 Å². The molecule has 0 saturated carbocycles. The van der Waals surface area contributed by atoms with E-state index in [-0.39, 0.29) is 12.3 Å². The molecule has 5 nitrogen and oxygen atoms in total. The lowest BCUT2D eigenvalue weighted by Gasteiger charge is -2.38. The monoisotopic (exact) mass is 443 g/mol. The molecule has 1 aliphatic heterocycles. The molecule has 0 bridgehead atoms. The molecule has 1 heterocycles. The van der Waals surface area contributed by atoms with Crippen LogP contribution >= 0.6 is 0 Å². The van der Waals surface area contributed by atoms with E-state index >= 15 is 0 Å². The summed E-state index contributed by atoms with van der Waals surface area (Å²) in [4.78, 5) is 14.7. The number of hydrogen-bond acceptors (Lipinski definition) is 4. The van der Waals surface area contributed by atoms with Crippen molar-refractivity contribution in [1.29, 1.82) is 0 Å². The van der Waals surface area contributed by atoms with Crippen LogP contribution in [-0.2, 0) is 28.0 Å². The summed E-state index contributed by atoms with van der Waals surface area (Å²) < 4.78 is 34.0. The number of aryl methyl sites for hydroxylation is 1. The van der Waals surface area contributed by atoms with Gasteiger partial charge in [0, 0.05) is 50.7 Å². The molecule has 2 aliphatic rings. The third-order valence-electron chi connectivity index (χ3n) is 6.90. The third kappa shape index (κ3) is 4.85. The third-order valence-corrected chi connectivity index (χ3v) is 6.90. The summed E-state index contributed by atoms with van der Waals surface area (Å²) in [7, 11) is 0. The number of nitrogens with zero attached hydrogens (tertiary/aromatic N) is 1. The van der Waals surface area contributed by atoms with Gasteiger partial charge in [0.25, 0.3) is 0 Å². The Morgan fingerprint density at radius 2 is 1.88 bits per heavy atom. The molecule has 1 saturated heterocycles. The summed E-state index contributed by atoms with van der Waals surface area (Å²) in [6.45, 7) is 3.75. The average Bonchev–Trinajstić information content (AvgIpc) is 3.16. The molecular weight excluding hydrogens is 412 g/mol. The molecule has 0 radical (unpaired) electrons. The summed E-state index contributed by atoms with van der Waals surface area (Å²) in [5, 5.41) is 3.24. The number of nitrogens with one attached hydrogen (secondary N) is 1. The smallest absolute Gasteiger partial charge is 0.224 e. The molecule has 2 atom stereocenters. The minimum Gasteiger partial charge on any atom is -0.377 e. The fourth-order valence-corrected chi connectivity index (χ4v) is 5.03. The molecule has 7 heteroatoms. The Kier molecular flexibility index (Phi) is 7.18. The largest absolute Gasteiger partial charge is 0.377 e. The van der Waals surface area contributed by atoms with Crippen molar-refractivity contribution in [1.82, 2.24) is 10.2 Å². The van der Waals surface area contributed by atoms with Crippen LogP contribution in [0, 0.1) is 11.6 Å². The number of benzene rings is 2. The van der Waals surface area contributed by atoms with Gasteiger partial charge in [-0.3, -0.25) is 4.79 Å². The van der Waals surface area contributed by atoms with Crippen LogP contribution in [0.4, 0.5) is 8.78 Å². The Morgan fingerprint density at radius 3 is 2.62 bits per heavy atom. The zero-order chi connectivity index (χ0) is 22.6. The predicted octanol–water partition coefficient (Wildman–Crippen LogP) is 2.90. The van der Waals surface area contributed by atoms with Gasteiger partial charge >= 0.3 is 0 Å². The first-order valence-corrected chi connectivity index (χ1v) is 11.3. The van der Waals surface area contributed by atoms with E-state index in [9.17, 15) is 13.6 Å². The van der Waals surface area contributed by atoms with Crippen LogP contribution in [0.1, 0.15) is 36.0 Å². The Balaban J connectivity index is 1.51. The summed E-state index contributed by atoms with van der Waals surface area (Å²) in [5.41, 5.74) is 8.63. The maximum atomic E-state index is 14.2. The zero-order valence-electron chi connectivity index (χ0n) is 18.3. The number of ether oxygens (including phenoxy) is 1. The van der Waals surface area contributed by atoms with Crippen molar-refractivity contribution in [3.63, 3.8) is 0 Å². The topological polar surface area (TPSA) is 67.6 Å². The first-order chi connectivity index (χ1) is 15.5. The summed E-state index contributed by atoms with van der Waals surface area (Å²) in [5.74, 6) is -1.70. The van der Waals surface area contributed by atoms with Gasteiger partial charge in [-0.2, -0.15) is 0 Å². The minimum atomic E-state index is -0.874. The highest BCUT2D eigenvalue weighted by Gasteiger charge is 2.45. The molecular formula is C25H31F2N3O2. The van der Waals surface area contributed by atoms with Crippen molar-refractivity contribution >= 4 is 5.91 Å². The number of fused-ring (bicyclic) bond motifs is 1. The van der Waals surface area contributed by atoms with Crippen LogP contribution in [0.2, 0.25) is 0 Å². The van der Waals surface area contributed by atoms with Gasteiger partial charge in [-0.05, 0) is 48.1 Å². The second-order valence-electron chi connectivity index (χ2n) is 8.81. The van der Waals surface area contributed by atoms with Gasteiger partial charge in [0.05, 0.1) is 6.61 Å². The highest BCUT2D eigenvalue weighted by molar-refractivity contribution is 5.77. The fraction of sp³-hybridized carbons (Fsp3) is 0.480. The first-order valence-electron chi connectivity index (χ1n) is 11.3. The SMILES string of the molecule is NC(CC(=O)N1CCNCC1)C1(CCOCc2ccccc2)CCc2cc(F)c(F)cc21. The van der Waals surface area contributed by atoms with Crippen LogP contribution in [0.5, 0.6) is 0 Å².